The molecule has 0 aromatic heterocycles. The topological polar surface area (TPSA) is 184 Å². The summed E-state index contributed by atoms with van der Waals surface area (Å²) in [6, 6.07) is 11.7. The number of nitrogens with zero attached hydrogens (tertiary/aromatic N) is 2. The Labute approximate surface area is 243 Å². The van der Waals surface area contributed by atoms with Gasteiger partial charge in [0.15, 0.2) is 0 Å². The maximum atomic E-state index is 13.6. The third-order valence-electron chi connectivity index (χ3n) is 5.72. The summed E-state index contributed by atoms with van der Waals surface area (Å²) in [5, 5.41) is 15.1. The molecule has 4 amide bonds. The lowest BCUT2D eigenvalue weighted by atomic mass is 9.85. The Morgan fingerprint density at radius 1 is 1.05 bits per heavy atom. The first-order chi connectivity index (χ1) is 19.3. The first-order valence-corrected chi connectivity index (χ1v) is 13.0. The third-order valence-corrected chi connectivity index (χ3v) is 6.04. The van der Waals surface area contributed by atoms with E-state index >= 15 is 0 Å². The van der Waals surface area contributed by atoms with Gasteiger partial charge in [0.05, 0.1) is 23.4 Å². The largest absolute Gasteiger partial charge is 0.465 e. The van der Waals surface area contributed by atoms with Gasteiger partial charge in [0, 0.05) is 5.56 Å². The number of nitriles is 1. The van der Waals surface area contributed by atoms with Crippen molar-refractivity contribution < 1.29 is 28.7 Å². The van der Waals surface area contributed by atoms with Gasteiger partial charge in [0.25, 0.3) is 17.7 Å². The Hall–Kier alpha value is -4.63. The number of hydrogen-bond donors (Lipinski definition) is 4. The number of esters is 1. The van der Waals surface area contributed by atoms with Crippen molar-refractivity contribution in [2.75, 3.05) is 18.9 Å². The van der Waals surface area contributed by atoms with E-state index in [9.17, 15) is 24.0 Å². The average molecular weight is 585 g/mol. The highest BCUT2D eigenvalue weighted by Gasteiger charge is 2.36. The van der Waals surface area contributed by atoms with Gasteiger partial charge in [-0.2, -0.15) is 5.26 Å². The minimum Gasteiger partial charge on any atom is -0.465 e. The number of anilines is 1. The second-order valence-electron chi connectivity index (χ2n) is 9.96. The highest BCUT2D eigenvalue weighted by Crippen LogP contribution is 2.24. The molecule has 0 fully saturated rings. The van der Waals surface area contributed by atoms with Crippen LogP contribution in [0.2, 0.25) is 5.02 Å². The summed E-state index contributed by atoms with van der Waals surface area (Å²) >= 11 is 6.05. The van der Waals surface area contributed by atoms with Gasteiger partial charge in [-0.05, 0) is 36.1 Å². The molecular weight excluding hydrogens is 552 g/mol. The van der Waals surface area contributed by atoms with Crippen molar-refractivity contribution in [3.8, 4) is 6.07 Å². The number of carbonyl (C=O) groups is 5. The van der Waals surface area contributed by atoms with Crippen molar-refractivity contribution in [2.24, 2.45) is 5.41 Å². The summed E-state index contributed by atoms with van der Waals surface area (Å²) in [5.74, 6) is -3.82. The van der Waals surface area contributed by atoms with Gasteiger partial charge < -0.3 is 21.1 Å². The fourth-order valence-electron chi connectivity index (χ4n) is 3.62. The van der Waals surface area contributed by atoms with E-state index in [0.29, 0.717) is 10.6 Å². The average Bonchev–Trinajstić information content (AvgIpc) is 2.91. The SMILES string of the molecule is CCOC(=O)CN(NC(=O)C(NC(=O)C(NC(=O)c1ccc(N)c(Cl)c1)C(C)(C)C)c1ccccc1)C(=O)CC#N. The van der Waals surface area contributed by atoms with E-state index in [4.69, 9.17) is 27.3 Å². The molecule has 0 heterocycles. The van der Waals surface area contributed by atoms with Gasteiger partial charge in [-0.1, -0.05) is 62.7 Å². The number of amides is 4. The van der Waals surface area contributed by atoms with Crippen LogP contribution in [0.4, 0.5) is 5.69 Å². The van der Waals surface area contributed by atoms with Crippen LogP contribution in [0.1, 0.15) is 56.1 Å². The molecule has 0 spiro atoms. The molecule has 0 aliphatic rings. The van der Waals surface area contributed by atoms with Gasteiger partial charge in [0.2, 0.25) is 5.91 Å². The second-order valence-corrected chi connectivity index (χ2v) is 10.4. The van der Waals surface area contributed by atoms with Crippen LogP contribution in [0.15, 0.2) is 48.5 Å². The predicted molar refractivity (Wildman–Crippen MR) is 151 cm³/mol. The van der Waals surface area contributed by atoms with E-state index in [0.717, 1.165) is 0 Å². The van der Waals surface area contributed by atoms with E-state index in [-0.39, 0.29) is 22.9 Å². The number of halogens is 1. The molecule has 2 atom stereocenters. The Bertz CT molecular complexity index is 1320. The molecule has 2 aromatic carbocycles. The minimum atomic E-state index is -1.35. The quantitative estimate of drug-likeness (QED) is 0.186. The van der Waals surface area contributed by atoms with Crippen molar-refractivity contribution in [3.63, 3.8) is 0 Å². The first-order valence-electron chi connectivity index (χ1n) is 12.6. The fraction of sp³-hybridized carbons (Fsp3) is 0.357. The van der Waals surface area contributed by atoms with Gasteiger partial charge in [-0.3, -0.25) is 29.4 Å². The summed E-state index contributed by atoms with van der Waals surface area (Å²) in [5.41, 5.74) is 8.04. The predicted octanol–water partition coefficient (Wildman–Crippen LogP) is 2.26. The van der Waals surface area contributed by atoms with Crippen LogP contribution in [0.5, 0.6) is 0 Å². The van der Waals surface area contributed by atoms with E-state index in [2.05, 4.69) is 16.1 Å². The fourth-order valence-corrected chi connectivity index (χ4v) is 3.80. The number of hydrazine groups is 1. The molecule has 0 saturated heterocycles. The van der Waals surface area contributed by atoms with Crippen LogP contribution in [0, 0.1) is 16.7 Å². The highest BCUT2D eigenvalue weighted by molar-refractivity contribution is 6.33. The second kappa shape index (κ2) is 14.7. The van der Waals surface area contributed by atoms with Crippen LogP contribution in [0.25, 0.3) is 0 Å². The molecule has 0 saturated carbocycles. The molecular formula is C28H33ClN6O6. The molecule has 218 valence electrons. The molecule has 2 rings (SSSR count). The summed E-state index contributed by atoms with van der Waals surface area (Å²) < 4.78 is 4.86. The molecule has 0 bridgehead atoms. The first kappa shape index (κ1) is 32.6. The van der Waals surface area contributed by atoms with Crippen molar-refractivity contribution in [2.45, 2.75) is 46.2 Å². The lowest BCUT2D eigenvalue weighted by Gasteiger charge is -2.32. The van der Waals surface area contributed by atoms with E-state index < -0.39 is 60.1 Å². The Balaban J connectivity index is 2.36. The number of nitrogens with one attached hydrogen (secondary N) is 3. The molecule has 2 aromatic rings. The van der Waals surface area contributed by atoms with Crippen LogP contribution in [-0.4, -0.2) is 53.8 Å². The Morgan fingerprint density at radius 2 is 1.71 bits per heavy atom. The number of nitrogen functional groups attached to an aromatic ring is 1. The zero-order valence-electron chi connectivity index (χ0n) is 23.2. The summed E-state index contributed by atoms with van der Waals surface area (Å²) in [4.78, 5) is 64.6. The van der Waals surface area contributed by atoms with E-state index in [1.165, 1.54) is 18.2 Å². The summed E-state index contributed by atoms with van der Waals surface area (Å²) in [6.07, 6.45) is -0.616. The Morgan fingerprint density at radius 3 is 2.27 bits per heavy atom. The third kappa shape index (κ3) is 9.51. The van der Waals surface area contributed by atoms with Gasteiger partial charge in [0.1, 0.15) is 25.0 Å². The molecule has 41 heavy (non-hydrogen) atoms. The van der Waals surface area contributed by atoms with Gasteiger partial charge in [-0.15, -0.1) is 0 Å². The maximum Gasteiger partial charge on any atom is 0.327 e. The van der Waals surface area contributed by atoms with Crippen LogP contribution in [0.3, 0.4) is 0 Å². The van der Waals surface area contributed by atoms with Crippen LogP contribution in [-0.2, 0) is 23.9 Å². The lowest BCUT2D eigenvalue weighted by Crippen LogP contribution is -2.57. The number of ether oxygens (including phenoxy) is 1. The highest BCUT2D eigenvalue weighted by atomic mass is 35.5. The number of carbonyl (C=O) groups excluding carboxylic acids is 5. The standard InChI is InChI=1S/C28H33ClN6O6/c1-5-41-22(37)16-35(21(36)13-14-30)34-26(39)23(17-9-7-6-8-10-17)32-27(40)24(28(2,3)4)33-25(38)18-11-12-20(31)19(29)15-18/h6-12,15,23-24H,5,13,16,31H2,1-4H3,(H,32,40)(H,33,38)(H,34,39). The molecule has 12 nitrogen and oxygen atoms in total. The number of nitrogens with two attached hydrogens (primary N) is 1. The minimum absolute atomic E-state index is 0.0399. The zero-order valence-corrected chi connectivity index (χ0v) is 23.9. The lowest BCUT2D eigenvalue weighted by molar-refractivity contribution is -0.153. The van der Waals surface area contributed by atoms with Crippen molar-refractivity contribution in [1.82, 2.24) is 21.1 Å². The monoisotopic (exact) mass is 584 g/mol. The van der Waals surface area contributed by atoms with E-state index in [1.807, 2.05) is 0 Å². The van der Waals surface area contributed by atoms with Crippen LogP contribution < -0.4 is 21.8 Å². The Kier molecular flexibility index (Phi) is 11.7. The summed E-state index contributed by atoms with van der Waals surface area (Å²) in [7, 11) is 0. The van der Waals surface area contributed by atoms with Crippen LogP contribution >= 0.6 is 11.6 Å². The zero-order chi connectivity index (χ0) is 30.7. The van der Waals surface area contributed by atoms with Crippen molar-refractivity contribution in [1.29, 1.82) is 5.26 Å². The number of rotatable bonds is 10. The van der Waals surface area contributed by atoms with Gasteiger partial charge in [-0.25, -0.2) is 5.01 Å². The molecule has 2 unspecified atom stereocenters. The molecule has 0 aliphatic carbocycles. The molecule has 5 N–H and O–H groups in total. The van der Waals surface area contributed by atoms with Gasteiger partial charge >= 0.3 is 5.97 Å². The molecule has 0 aliphatic heterocycles. The van der Waals surface area contributed by atoms with E-state index in [1.54, 1.807) is 64.1 Å². The van der Waals surface area contributed by atoms with Crippen molar-refractivity contribution in [3.05, 3.63) is 64.7 Å². The molecule has 0 radical (unpaired) electrons. The smallest absolute Gasteiger partial charge is 0.327 e. The maximum absolute atomic E-state index is 13.6. The molecule has 13 heteroatoms. The normalized spacial score (nSPS) is 12.2. The number of hydrogen-bond acceptors (Lipinski definition) is 8. The van der Waals surface area contributed by atoms with Crippen molar-refractivity contribution >= 4 is 46.9 Å². The summed E-state index contributed by atoms with van der Waals surface area (Å²) in [6.45, 7) is 6.15. The number of benzene rings is 2.